The summed E-state index contributed by atoms with van der Waals surface area (Å²) in [6.45, 7) is 5.65. The van der Waals surface area contributed by atoms with Crippen molar-refractivity contribution in [1.29, 1.82) is 0 Å². The van der Waals surface area contributed by atoms with Crippen LogP contribution in [0.2, 0.25) is 0 Å². The van der Waals surface area contributed by atoms with Crippen molar-refractivity contribution in [3.05, 3.63) is 89.7 Å². The number of nitrogens with one attached hydrogen (secondary N) is 3. The predicted molar refractivity (Wildman–Crippen MR) is 107 cm³/mol. The Morgan fingerprint density at radius 2 is 2.00 bits per heavy atom. The van der Waals surface area contributed by atoms with Crippen molar-refractivity contribution in [2.75, 3.05) is 5.32 Å². The Kier molecular flexibility index (Phi) is 5.84. The molecule has 0 aliphatic heterocycles. The number of rotatable bonds is 7. The van der Waals surface area contributed by atoms with E-state index in [1.165, 1.54) is 18.6 Å². The summed E-state index contributed by atoms with van der Waals surface area (Å²) in [4.78, 5) is 7.11. The molecular weight excluding hydrogens is 365 g/mol. The van der Waals surface area contributed by atoms with E-state index in [1.54, 1.807) is 0 Å². The van der Waals surface area contributed by atoms with E-state index in [1.807, 2.05) is 31.3 Å². The van der Waals surface area contributed by atoms with Crippen LogP contribution in [-0.2, 0) is 6.54 Å². The highest BCUT2D eigenvalue weighted by molar-refractivity contribution is 5.85. The molecule has 0 saturated heterocycles. The molecule has 0 aliphatic carbocycles. The van der Waals surface area contributed by atoms with E-state index < -0.39 is 17.5 Å². The van der Waals surface area contributed by atoms with Crippen molar-refractivity contribution in [1.82, 2.24) is 10.3 Å². The second kappa shape index (κ2) is 8.47. The summed E-state index contributed by atoms with van der Waals surface area (Å²) < 4.78 is 40.2. The maximum atomic E-state index is 14.2. The number of aliphatic imine (C=N–C) groups is 1. The topological polar surface area (TPSA) is 52.2 Å². The molecule has 0 aliphatic rings. The van der Waals surface area contributed by atoms with Crippen molar-refractivity contribution in [3.63, 3.8) is 0 Å². The minimum Gasteiger partial charge on any atom is -0.361 e. The Morgan fingerprint density at radius 3 is 2.79 bits per heavy atom. The number of anilines is 1. The molecule has 1 heterocycles. The van der Waals surface area contributed by atoms with E-state index in [0.29, 0.717) is 5.56 Å². The zero-order valence-corrected chi connectivity index (χ0v) is 15.2. The van der Waals surface area contributed by atoms with Crippen molar-refractivity contribution in [2.45, 2.75) is 13.5 Å². The smallest absolute Gasteiger partial charge is 0.161 e. The van der Waals surface area contributed by atoms with Crippen LogP contribution >= 0.6 is 0 Å². The van der Waals surface area contributed by atoms with Gasteiger partial charge in [-0.1, -0.05) is 12.6 Å². The van der Waals surface area contributed by atoms with E-state index in [9.17, 15) is 13.2 Å². The largest absolute Gasteiger partial charge is 0.361 e. The van der Waals surface area contributed by atoms with Crippen LogP contribution < -0.4 is 10.6 Å². The Bertz CT molecular complexity index is 1070. The molecule has 2 aromatic carbocycles. The molecule has 0 saturated carbocycles. The van der Waals surface area contributed by atoms with Gasteiger partial charge in [0.15, 0.2) is 17.5 Å². The van der Waals surface area contributed by atoms with Gasteiger partial charge in [-0.2, -0.15) is 0 Å². The number of hydrogen-bond acceptors (Lipinski definition) is 2. The van der Waals surface area contributed by atoms with Gasteiger partial charge in [0.1, 0.15) is 0 Å². The second-order valence-electron chi connectivity index (χ2n) is 6.21. The van der Waals surface area contributed by atoms with Gasteiger partial charge in [-0.05, 0) is 48.4 Å². The highest BCUT2D eigenvalue weighted by Gasteiger charge is 2.04. The van der Waals surface area contributed by atoms with E-state index in [4.69, 9.17) is 0 Å². The van der Waals surface area contributed by atoms with Gasteiger partial charge in [-0.25, -0.2) is 13.2 Å². The molecular formula is C21H19F3N4. The number of aryl methyl sites for hydroxylation is 1. The summed E-state index contributed by atoms with van der Waals surface area (Å²) in [5.41, 5.74) is 3.27. The van der Waals surface area contributed by atoms with Gasteiger partial charge >= 0.3 is 0 Å². The quantitative estimate of drug-likeness (QED) is 0.294. The number of allylic oxidation sites excluding steroid dienone is 1. The van der Waals surface area contributed by atoms with Crippen LogP contribution in [0.5, 0.6) is 0 Å². The first kappa shape index (κ1) is 19.3. The van der Waals surface area contributed by atoms with Crippen molar-refractivity contribution >= 4 is 22.9 Å². The third-order valence-electron chi connectivity index (χ3n) is 4.13. The van der Waals surface area contributed by atoms with Crippen molar-refractivity contribution in [2.24, 2.45) is 4.99 Å². The number of halogens is 3. The first-order chi connectivity index (χ1) is 13.4. The number of fused-ring (bicyclic) bond motifs is 1. The Labute approximate surface area is 160 Å². The third kappa shape index (κ3) is 4.62. The summed E-state index contributed by atoms with van der Waals surface area (Å²) in [6.07, 6.45) is 4.31. The zero-order valence-electron chi connectivity index (χ0n) is 15.2. The molecule has 0 unspecified atom stereocenters. The van der Waals surface area contributed by atoms with Gasteiger partial charge < -0.3 is 15.6 Å². The van der Waals surface area contributed by atoms with Gasteiger partial charge in [-0.3, -0.25) is 4.99 Å². The fourth-order valence-corrected chi connectivity index (χ4v) is 2.57. The zero-order chi connectivity index (χ0) is 20.1. The molecule has 1 aromatic heterocycles. The molecule has 0 atom stereocenters. The van der Waals surface area contributed by atoms with Gasteiger partial charge in [0.25, 0.3) is 0 Å². The summed E-state index contributed by atoms with van der Waals surface area (Å²) in [6, 6.07) is 9.36. The lowest BCUT2D eigenvalue weighted by molar-refractivity contribution is 0.507. The number of H-pyrrole nitrogens is 1. The lowest BCUT2D eigenvalue weighted by atomic mass is 10.1. The van der Waals surface area contributed by atoms with Crippen LogP contribution in [0.1, 0.15) is 11.1 Å². The lowest BCUT2D eigenvalue weighted by Gasteiger charge is -2.08. The van der Waals surface area contributed by atoms with E-state index in [0.717, 1.165) is 34.3 Å². The maximum Gasteiger partial charge on any atom is 0.161 e. The molecule has 0 spiro atoms. The number of nitrogens with zero attached hydrogens (tertiary/aromatic N) is 1. The summed E-state index contributed by atoms with van der Waals surface area (Å²) >= 11 is 0. The van der Waals surface area contributed by atoms with Crippen LogP contribution in [0.4, 0.5) is 18.9 Å². The number of benzene rings is 2. The second-order valence-corrected chi connectivity index (χ2v) is 6.21. The molecule has 144 valence electrons. The molecule has 3 rings (SSSR count). The third-order valence-corrected chi connectivity index (χ3v) is 4.13. The summed E-state index contributed by atoms with van der Waals surface area (Å²) in [5.74, 6) is -2.43. The van der Waals surface area contributed by atoms with E-state index in [2.05, 4.69) is 27.2 Å². The molecule has 0 fully saturated rings. The van der Waals surface area contributed by atoms with E-state index in [-0.39, 0.29) is 12.2 Å². The first-order valence-corrected chi connectivity index (χ1v) is 8.52. The van der Waals surface area contributed by atoms with Crippen molar-refractivity contribution in [3.8, 4) is 0 Å². The number of aromatic amines is 1. The maximum absolute atomic E-state index is 14.2. The van der Waals surface area contributed by atoms with Gasteiger partial charge in [0.2, 0.25) is 0 Å². The van der Waals surface area contributed by atoms with E-state index >= 15 is 0 Å². The fraction of sp³-hybridized carbons (Fsp3) is 0.0952. The molecule has 3 N–H and O–H groups in total. The van der Waals surface area contributed by atoms with Gasteiger partial charge in [-0.15, -0.1) is 0 Å². The van der Waals surface area contributed by atoms with Crippen LogP contribution in [0.25, 0.3) is 10.9 Å². The molecule has 3 aromatic rings. The van der Waals surface area contributed by atoms with Crippen molar-refractivity contribution < 1.29 is 13.2 Å². The highest BCUT2D eigenvalue weighted by Crippen LogP contribution is 2.23. The van der Waals surface area contributed by atoms with Crippen LogP contribution in [0.3, 0.4) is 0 Å². The molecule has 28 heavy (non-hydrogen) atoms. The van der Waals surface area contributed by atoms with Gasteiger partial charge in [0.05, 0.1) is 18.6 Å². The summed E-state index contributed by atoms with van der Waals surface area (Å²) in [5, 5.41) is 6.56. The predicted octanol–water partition coefficient (Wildman–Crippen LogP) is 5.31. The Balaban J connectivity index is 1.55. The Morgan fingerprint density at radius 1 is 1.18 bits per heavy atom. The lowest BCUT2D eigenvalue weighted by Crippen LogP contribution is -2.11. The molecule has 0 bridgehead atoms. The minimum absolute atomic E-state index is 0.0157. The average Bonchev–Trinajstić information content (AvgIpc) is 3.12. The molecule has 4 nitrogen and oxygen atoms in total. The SMILES string of the molecule is C=C(NC=NCc1ccc(F)c(F)c1)/C(F)=C\Nc1cc2cc[nH]c2cc1C. The highest BCUT2D eigenvalue weighted by atomic mass is 19.2. The average molecular weight is 384 g/mol. The Hall–Kier alpha value is -3.48. The molecule has 7 heteroatoms. The number of hydrogen-bond donors (Lipinski definition) is 3. The van der Waals surface area contributed by atoms with Crippen LogP contribution in [-0.4, -0.2) is 11.3 Å². The molecule has 0 amide bonds. The fourth-order valence-electron chi connectivity index (χ4n) is 2.57. The normalized spacial score (nSPS) is 11.9. The van der Waals surface area contributed by atoms with Crippen LogP contribution in [0, 0.1) is 18.6 Å². The van der Waals surface area contributed by atoms with Crippen LogP contribution in [0.15, 0.2) is 71.9 Å². The number of aromatic nitrogens is 1. The molecule has 0 radical (unpaired) electrons. The monoisotopic (exact) mass is 384 g/mol. The standard InChI is InChI=1S/C21H19F3N4/c1-13-7-21-16(5-6-26-21)9-20(13)27-11-19(24)14(2)28-12-25-10-15-3-4-17(22)18(23)8-15/h3-9,11-12,26-27H,2,10H2,1H3,(H,25,28)/b19-11+. The first-order valence-electron chi connectivity index (χ1n) is 8.52. The van der Waals surface area contributed by atoms with Gasteiger partial charge in [0, 0.05) is 29.0 Å². The summed E-state index contributed by atoms with van der Waals surface area (Å²) in [7, 11) is 0. The minimum atomic E-state index is -0.932.